The lowest BCUT2D eigenvalue weighted by Gasteiger charge is -2.06. The number of carbonyl (C=O) groups is 2. The second-order valence-corrected chi connectivity index (χ2v) is 4.48. The molecule has 0 aliphatic rings. The van der Waals surface area contributed by atoms with Crippen molar-refractivity contribution in [2.45, 2.75) is 19.8 Å². The van der Waals surface area contributed by atoms with Gasteiger partial charge in [0.2, 0.25) is 5.91 Å². The molecule has 1 aromatic rings. The highest BCUT2D eigenvalue weighted by Crippen LogP contribution is 2.10. The van der Waals surface area contributed by atoms with Gasteiger partial charge in [0.1, 0.15) is 0 Å². The Morgan fingerprint density at radius 2 is 2.10 bits per heavy atom. The van der Waals surface area contributed by atoms with Crippen LogP contribution in [0.4, 0.5) is 0 Å². The fourth-order valence-electron chi connectivity index (χ4n) is 1.68. The minimum absolute atomic E-state index is 0.0396. The van der Waals surface area contributed by atoms with Crippen molar-refractivity contribution in [1.29, 1.82) is 0 Å². The van der Waals surface area contributed by atoms with Crippen molar-refractivity contribution < 1.29 is 14.7 Å². The van der Waals surface area contributed by atoms with Gasteiger partial charge >= 0.3 is 0 Å². The summed E-state index contributed by atoms with van der Waals surface area (Å²) in [5.74, 6) is 5.48. The van der Waals surface area contributed by atoms with E-state index < -0.39 is 0 Å². The zero-order valence-corrected chi connectivity index (χ0v) is 12.3. The molecule has 0 aliphatic heterocycles. The molecule has 1 aromatic carbocycles. The number of aryl methyl sites for hydroxylation is 1. The Labute approximate surface area is 124 Å². The number of rotatable bonds is 5. The first kappa shape index (κ1) is 16.7. The van der Waals surface area contributed by atoms with Crippen molar-refractivity contribution in [3.8, 4) is 11.8 Å². The molecular formula is C16H20N2O3. The van der Waals surface area contributed by atoms with E-state index in [9.17, 15) is 9.59 Å². The Morgan fingerprint density at radius 1 is 1.33 bits per heavy atom. The van der Waals surface area contributed by atoms with Gasteiger partial charge in [-0.15, -0.1) is 0 Å². The van der Waals surface area contributed by atoms with E-state index >= 15 is 0 Å². The van der Waals surface area contributed by atoms with Gasteiger partial charge in [-0.25, -0.2) is 0 Å². The highest BCUT2D eigenvalue weighted by molar-refractivity contribution is 5.94. The molecule has 5 nitrogen and oxygen atoms in total. The summed E-state index contributed by atoms with van der Waals surface area (Å²) in [6.45, 7) is 2.22. The minimum Gasteiger partial charge on any atom is -0.395 e. The Morgan fingerprint density at radius 3 is 2.71 bits per heavy atom. The third kappa shape index (κ3) is 5.67. The van der Waals surface area contributed by atoms with Crippen LogP contribution in [-0.4, -0.2) is 37.1 Å². The molecule has 0 fully saturated rings. The quantitative estimate of drug-likeness (QED) is 0.694. The molecule has 2 amide bonds. The van der Waals surface area contributed by atoms with E-state index in [-0.39, 0.29) is 24.8 Å². The van der Waals surface area contributed by atoms with Gasteiger partial charge in [-0.2, -0.15) is 0 Å². The Bertz CT molecular complexity index is 571. The first-order valence-corrected chi connectivity index (χ1v) is 6.77. The first-order chi connectivity index (χ1) is 10.1. The van der Waals surface area contributed by atoms with Crippen molar-refractivity contribution in [1.82, 2.24) is 10.6 Å². The van der Waals surface area contributed by atoms with Crippen LogP contribution in [-0.2, 0) is 4.79 Å². The van der Waals surface area contributed by atoms with E-state index in [4.69, 9.17) is 5.11 Å². The van der Waals surface area contributed by atoms with Crippen LogP contribution >= 0.6 is 0 Å². The van der Waals surface area contributed by atoms with Gasteiger partial charge < -0.3 is 15.7 Å². The summed E-state index contributed by atoms with van der Waals surface area (Å²) in [7, 11) is 1.56. The van der Waals surface area contributed by atoms with E-state index in [2.05, 4.69) is 22.5 Å². The molecule has 0 atom stereocenters. The maximum Gasteiger partial charge on any atom is 0.251 e. The molecule has 0 heterocycles. The second-order valence-electron chi connectivity index (χ2n) is 4.48. The molecule has 3 N–H and O–H groups in total. The minimum atomic E-state index is -0.211. The van der Waals surface area contributed by atoms with Crippen molar-refractivity contribution >= 4 is 11.8 Å². The lowest BCUT2D eigenvalue weighted by Crippen LogP contribution is -2.29. The fourth-order valence-corrected chi connectivity index (χ4v) is 1.68. The maximum absolute atomic E-state index is 11.9. The van der Waals surface area contributed by atoms with E-state index in [1.807, 2.05) is 6.92 Å². The largest absolute Gasteiger partial charge is 0.395 e. The highest BCUT2D eigenvalue weighted by Gasteiger charge is 2.07. The van der Waals surface area contributed by atoms with E-state index in [1.54, 1.807) is 25.2 Å². The highest BCUT2D eigenvalue weighted by atomic mass is 16.2. The average molecular weight is 288 g/mol. The zero-order valence-electron chi connectivity index (χ0n) is 12.3. The monoisotopic (exact) mass is 288 g/mol. The standard InChI is InChI=1S/C16H20N2O3/c1-12-11-14(7-6-13(12)5-3-4-10-19)16(21)18-9-8-15(20)17-2/h6-7,11,19H,4,8-10H2,1-2H3,(H,17,20)(H,18,21). The Balaban J connectivity index is 2.64. The molecule has 5 heteroatoms. The van der Waals surface area contributed by atoms with Crippen LogP contribution < -0.4 is 10.6 Å². The summed E-state index contributed by atoms with van der Waals surface area (Å²) in [5.41, 5.74) is 2.28. The molecule has 0 spiro atoms. The summed E-state index contributed by atoms with van der Waals surface area (Å²) >= 11 is 0. The van der Waals surface area contributed by atoms with Crippen LogP contribution in [0.3, 0.4) is 0 Å². The molecule has 0 saturated heterocycles. The van der Waals surface area contributed by atoms with Gasteiger partial charge in [-0.1, -0.05) is 11.8 Å². The number of hydrogen-bond donors (Lipinski definition) is 3. The van der Waals surface area contributed by atoms with Gasteiger partial charge in [-0.3, -0.25) is 9.59 Å². The summed E-state index contributed by atoms with van der Waals surface area (Å²) in [4.78, 5) is 23.0. The van der Waals surface area contributed by atoms with Crippen LogP contribution in [0.25, 0.3) is 0 Å². The van der Waals surface area contributed by atoms with Crippen molar-refractivity contribution in [3.63, 3.8) is 0 Å². The van der Waals surface area contributed by atoms with Crippen molar-refractivity contribution in [2.24, 2.45) is 0 Å². The van der Waals surface area contributed by atoms with Gasteiger partial charge in [0.15, 0.2) is 0 Å². The normalized spacial score (nSPS) is 9.48. The smallest absolute Gasteiger partial charge is 0.251 e. The number of aliphatic hydroxyl groups excluding tert-OH is 1. The van der Waals surface area contributed by atoms with Crippen molar-refractivity contribution in [3.05, 3.63) is 34.9 Å². The number of aliphatic hydroxyl groups is 1. The molecular weight excluding hydrogens is 268 g/mol. The van der Waals surface area contributed by atoms with E-state index in [1.165, 1.54) is 0 Å². The number of nitrogens with one attached hydrogen (secondary N) is 2. The molecule has 0 saturated carbocycles. The van der Waals surface area contributed by atoms with Gasteiger partial charge in [0.25, 0.3) is 5.91 Å². The van der Waals surface area contributed by atoms with Gasteiger partial charge in [-0.05, 0) is 30.7 Å². The van der Waals surface area contributed by atoms with Crippen LogP contribution in [0, 0.1) is 18.8 Å². The van der Waals surface area contributed by atoms with Crippen molar-refractivity contribution in [2.75, 3.05) is 20.2 Å². The predicted molar refractivity (Wildman–Crippen MR) is 80.8 cm³/mol. The number of amides is 2. The number of hydrogen-bond acceptors (Lipinski definition) is 3. The molecule has 0 aliphatic carbocycles. The number of benzene rings is 1. The molecule has 112 valence electrons. The fraction of sp³-hybridized carbons (Fsp3) is 0.375. The zero-order chi connectivity index (χ0) is 15.7. The summed E-state index contributed by atoms with van der Waals surface area (Å²) in [5, 5.41) is 13.9. The van der Waals surface area contributed by atoms with E-state index in [0.29, 0.717) is 18.5 Å². The molecule has 0 aromatic heterocycles. The lowest BCUT2D eigenvalue weighted by molar-refractivity contribution is -0.120. The lowest BCUT2D eigenvalue weighted by atomic mass is 10.0. The van der Waals surface area contributed by atoms with Crippen LogP contribution in [0.5, 0.6) is 0 Å². The summed E-state index contributed by atoms with van der Waals surface area (Å²) < 4.78 is 0. The summed E-state index contributed by atoms with van der Waals surface area (Å²) in [6.07, 6.45) is 0.688. The molecule has 21 heavy (non-hydrogen) atoms. The maximum atomic E-state index is 11.9. The SMILES string of the molecule is CNC(=O)CCNC(=O)c1ccc(C#CCCO)c(C)c1. The third-order valence-electron chi connectivity index (χ3n) is 2.86. The van der Waals surface area contributed by atoms with Crippen LogP contribution in [0.1, 0.15) is 34.3 Å². The van der Waals surface area contributed by atoms with Crippen LogP contribution in [0.15, 0.2) is 18.2 Å². The second kappa shape index (κ2) is 8.77. The first-order valence-electron chi connectivity index (χ1n) is 6.77. The average Bonchev–Trinajstić information content (AvgIpc) is 2.48. The van der Waals surface area contributed by atoms with E-state index in [0.717, 1.165) is 11.1 Å². The molecule has 0 radical (unpaired) electrons. The Kier molecular flexibility index (Phi) is 6.99. The van der Waals surface area contributed by atoms with Crippen LogP contribution in [0.2, 0.25) is 0 Å². The van der Waals surface area contributed by atoms with Gasteiger partial charge in [0.05, 0.1) is 6.61 Å². The summed E-state index contributed by atoms with van der Waals surface area (Å²) in [6, 6.07) is 5.25. The van der Waals surface area contributed by atoms with Gasteiger partial charge in [0, 0.05) is 37.6 Å². The topological polar surface area (TPSA) is 78.4 Å². The number of carbonyl (C=O) groups excluding carboxylic acids is 2. The molecule has 0 bridgehead atoms. The predicted octanol–water partition coefficient (Wildman–Crippen LogP) is 0.595. The Hall–Kier alpha value is -2.32. The molecule has 1 rings (SSSR count). The third-order valence-corrected chi connectivity index (χ3v) is 2.86. The molecule has 0 unspecified atom stereocenters.